The second-order valence-corrected chi connectivity index (χ2v) is 11.0. The normalized spacial score (nSPS) is 20.7. The standard InChI is InChI=1S/C29H35ClN4O3/c30-22-12-10-20(11-13-22)18-25(31)29(37)33-16-14-32(15-17-33)26(21-6-2-1-3-7-21)19-34-27(35)23-8-4-5-9-24(23)28(34)36/h4-5,8-13,21,25-26H,1-3,6-7,14-19,31H2. The van der Waals surface area contributed by atoms with E-state index in [-0.39, 0.29) is 23.8 Å². The summed E-state index contributed by atoms with van der Waals surface area (Å²) in [5.41, 5.74) is 8.28. The third-order valence-electron chi connectivity index (χ3n) is 8.22. The van der Waals surface area contributed by atoms with Gasteiger partial charge in [-0.1, -0.05) is 55.1 Å². The zero-order chi connectivity index (χ0) is 25.9. The molecule has 3 amide bonds. The van der Waals surface area contributed by atoms with E-state index in [0.717, 1.165) is 18.4 Å². The number of fused-ring (bicyclic) bond motifs is 1. The van der Waals surface area contributed by atoms with Crippen LogP contribution < -0.4 is 5.73 Å². The first-order chi connectivity index (χ1) is 17.9. The minimum atomic E-state index is -0.597. The summed E-state index contributed by atoms with van der Waals surface area (Å²) in [6, 6.07) is 14.0. The molecule has 1 aliphatic carbocycles. The van der Waals surface area contributed by atoms with Crippen molar-refractivity contribution in [1.82, 2.24) is 14.7 Å². The summed E-state index contributed by atoms with van der Waals surface area (Å²) in [7, 11) is 0. The van der Waals surface area contributed by atoms with Gasteiger partial charge >= 0.3 is 0 Å². The Morgan fingerprint density at radius 1 is 0.892 bits per heavy atom. The second kappa shape index (κ2) is 11.3. The molecular weight excluding hydrogens is 488 g/mol. The van der Waals surface area contributed by atoms with E-state index in [1.807, 2.05) is 29.2 Å². The van der Waals surface area contributed by atoms with Crippen molar-refractivity contribution in [3.05, 3.63) is 70.2 Å². The van der Waals surface area contributed by atoms with E-state index in [4.69, 9.17) is 17.3 Å². The molecular formula is C29H35ClN4O3. The van der Waals surface area contributed by atoms with Crippen LogP contribution in [-0.4, -0.2) is 77.2 Å². The molecule has 0 aromatic heterocycles. The first-order valence-corrected chi connectivity index (χ1v) is 13.8. The Balaban J connectivity index is 1.24. The molecule has 0 spiro atoms. The summed E-state index contributed by atoms with van der Waals surface area (Å²) in [5, 5.41) is 0.661. The Morgan fingerprint density at radius 2 is 1.49 bits per heavy atom. The van der Waals surface area contributed by atoms with Gasteiger partial charge in [-0.3, -0.25) is 24.2 Å². The second-order valence-electron chi connectivity index (χ2n) is 10.5. The molecule has 7 nitrogen and oxygen atoms in total. The molecule has 2 N–H and O–H groups in total. The van der Waals surface area contributed by atoms with Gasteiger partial charge in [-0.05, 0) is 55.0 Å². The maximum absolute atomic E-state index is 13.1. The average Bonchev–Trinajstić information content (AvgIpc) is 3.18. The Hall–Kier alpha value is -2.74. The lowest BCUT2D eigenvalue weighted by Crippen LogP contribution is -2.59. The van der Waals surface area contributed by atoms with Crippen LogP contribution in [0.3, 0.4) is 0 Å². The number of hydrogen-bond acceptors (Lipinski definition) is 5. The minimum Gasteiger partial charge on any atom is -0.339 e. The van der Waals surface area contributed by atoms with Crippen LogP contribution in [0, 0.1) is 5.92 Å². The van der Waals surface area contributed by atoms with Crippen molar-refractivity contribution in [3.63, 3.8) is 0 Å². The van der Waals surface area contributed by atoms with Crippen molar-refractivity contribution in [2.45, 2.75) is 50.6 Å². The molecule has 1 saturated heterocycles. The van der Waals surface area contributed by atoms with Crippen LogP contribution in [0.1, 0.15) is 58.4 Å². The van der Waals surface area contributed by atoms with Crippen molar-refractivity contribution >= 4 is 29.3 Å². The third kappa shape index (κ3) is 5.59. The maximum Gasteiger partial charge on any atom is 0.261 e. The summed E-state index contributed by atoms with van der Waals surface area (Å²) >= 11 is 5.97. The van der Waals surface area contributed by atoms with Crippen molar-refractivity contribution in [1.29, 1.82) is 0 Å². The highest BCUT2D eigenvalue weighted by molar-refractivity contribution is 6.30. The van der Waals surface area contributed by atoms with E-state index in [2.05, 4.69) is 4.90 Å². The van der Waals surface area contributed by atoms with E-state index in [9.17, 15) is 14.4 Å². The van der Waals surface area contributed by atoms with Gasteiger partial charge in [0.25, 0.3) is 11.8 Å². The number of halogens is 1. The Kier molecular flexibility index (Phi) is 7.93. The van der Waals surface area contributed by atoms with E-state index < -0.39 is 6.04 Å². The van der Waals surface area contributed by atoms with Crippen LogP contribution in [0.25, 0.3) is 0 Å². The lowest BCUT2D eigenvalue weighted by molar-refractivity contribution is -0.134. The number of piperazine rings is 1. The van der Waals surface area contributed by atoms with Gasteiger partial charge in [-0.15, -0.1) is 0 Å². The van der Waals surface area contributed by atoms with Gasteiger partial charge in [0, 0.05) is 43.8 Å². The monoisotopic (exact) mass is 522 g/mol. The number of carbonyl (C=O) groups is 3. The van der Waals surface area contributed by atoms with E-state index >= 15 is 0 Å². The lowest BCUT2D eigenvalue weighted by atomic mass is 9.82. The van der Waals surface area contributed by atoms with Gasteiger partial charge < -0.3 is 10.6 Å². The van der Waals surface area contributed by atoms with Crippen molar-refractivity contribution in [3.8, 4) is 0 Å². The molecule has 2 unspecified atom stereocenters. The molecule has 2 aliphatic heterocycles. The minimum absolute atomic E-state index is 0.0378. The van der Waals surface area contributed by atoms with Gasteiger partial charge in [0.2, 0.25) is 5.91 Å². The smallest absolute Gasteiger partial charge is 0.261 e. The maximum atomic E-state index is 13.1. The highest BCUT2D eigenvalue weighted by atomic mass is 35.5. The molecule has 196 valence electrons. The Morgan fingerprint density at radius 3 is 2.08 bits per heavy atom. The van der Waals surface area contributed by atoms with Crippen LogP contribution in [0.5, 0.6) is 0 Å². The quantitative estimate of drug-likeness (QED) is 0.561. The molecule has 2 heterocycles. The number of benzene rings is 2. The van der Waals surface area contributed by atoms with Crippen LogP contribution in [-0.2, 0) is 11.2 Å². The lowest BCUT2D eigenvalue weighted by Gasteiger charge is -2.44. The molecule has 3 aliphatic rings. The van der Waals surface area contributed by atoms with Crippen LogP contribution in [0.15, 0.2) is 48.5 Å². The van der Waals surface area contributed by atoms with Crippen molar-refractivity contribution in [2.75, 3.05) is 32.7 Å². The molecule has 37 heavy (non-hydrogen) atoms. The molecule has 1 saturated carbocycles. The van der Waals surface area contributed by atoms with Crippen molar-refractivity contribution < 1.29 is 14.4 Å². The average molecular weight is 523 g/mol. The molecule has 0 bridgehead atoms. The Bertz CT molecular complexity index is 1110. The fourth-order valence-corrected chi connectivity index (χ4v) is 6.27. The van der Waals surface area contributed by atoms with Crippen LogP contribution in [0.2, 0.25) is 5.02 Å². The summed E-state index contributed by atoms with van der Waals surface area (Å²) in [6.07, 6.45) is 6.30. The first-order valence-electron chi connectivity index (χ1n) is 13.4. The van der Waals surface area contributed by atoms with E-state index in [1.54, 1.807) is 24.3 Å². The molecule has 0 radical (unpaired) electrons. The zero-order valence-corrected chi connectivity index (χ0v) is 21.9. The third-order valence-corrected chi connectivity index (χ3v) is 8.47. The fraction of sp³-hybridized carbons (Fsp3) is 0.483. The SMILES string of the molecule is NC(Cc1ccc(Cl)cc1)C(=O)N1CCN(C(CN2C(=O)c3ccccc3C2=O)C2CCCCC2)CC1. The number of imide groups is 1. The van der Waals surface area contributed by atoms with Gasteiger partial charge in [0.05, 0.1) is 17.2 Å². The zero-order valence-electron chi connectivity index (χ0n) is 21.2. The number of nitrogens with two attached hydrogens (primary N) is 1. The summed E-state index contributed by atoms with van der Waals surface area (Å²) in [5.74, 6) is 0.0171. The summed E-state index contributed by atoms with van der Waals surface area (Å²) < 4.78 is 0. The first kappa shape index (κ1) is 25.9. The summed E-state index contributed by atoms with van der Waals surface area (Å²) in [4.78, 5) is 45.0. The molecule has 2 fully saturated rings. The molecule has 5 rings (SSSR count). The van der Waals surface area contributed by atoms with Gasteiger partial charge in [-0.2, -0.15) is 0 Å². The van der Waals surface area contributed by atoms with E-state index in [1.165, 1.54) is 24.2 Å². The number of nitrogens with zero attached hydrogens (tertiary/aromatic N) is 3. The van der Waals surface area contributed by atoms with Gasteiger partial charge in [0.1, 0.15) is 0 Å². The predicted octanol–water partition coefficient (Wildman–Crippen LogP) is 3.60. The number of hydrogen-bond donors (Lipinski definition) is 1. The Labute approximate surface area is 223 Å². The largest absolute Gasteiger partial charge is 0.339 e. The number of rotatable bonds is 7. The molecule has 2 aromatic rings. The predicted molar refractivity (Wildman–Crippen MR) is 143 cm³/mol. The topological polar surface area (TPSA) is 87.0 Å². The van der Waals surface area contributed by atoms with Gasteiger partial charge in [0.15, 0.2) is 0 Å². The number of amides is 3. The highest BCUT2D eigenvalue weighted by Crippen LogP contribution is 2.32. The molecule has 2 aromatic carbocycles. The van der Waals surface area contributed by atoms with Crippen molar-refractivity contribution in [2.24, 2.45) is 11.7 Å². The number of carbonyl (C=O) groups excluding carboxylic acids is 3. The highest BCUT2D eigenvalue weighted by Gasteiger charge is 2.40. The van der Waals surface area contributed by atoms with Gasteiger partial charge in [-0.25, -0.2) is 0 Å². The molecule has 2 atom stereocenters. The molecule has 8 heteroatoms. The van der Waals surface area contributed by atoms with E-state index in [0.29, 0.717) is 61.2 Å². The van der Waals surface area contributed by atoms with Crippen LogP contribution >= 0.6 is 11.6 Å². The van der Waals surface area contributed by atoms with Crippen LogP contribution in [0.4, 0.5) is 0 Å². The summed E-state index contributed by atoms with van der Waals surface area (Å²) in [6.45, 7) is 3.02. The fourth-order valence-electron chi connectivity index (χ4n) is 6.14.